The summed E-state index contributed by atoms with van der Waals surface area (Å²) in [6, 6.07) is 0. The van der Waals surface area contributed by atoms with Gasteiger partial charge in [-0.25, -0.2) is 4.79 Å². The van der Waals surface area contributed by atoms with Crippen LogP contribution in [0.1, 0.15) is 47.0 Å². The second-order valence-electron chi connectivity index (χ2n) is 6.03. The van der Waals surface area contributed by atoms with Gasteiger partial charge < -0.3 is 9.47 Å². The standard InChI is InChI=1S/C17H28O3/c1-6-14(8-10-17(18)19-5)20-16-11-13(4)7-9-15(16)12(2)3/h6,8,10,12-13,15-16H,7,9,11H2,1-5H3/b10-8+,14-6-/t13-,15+,16-/m1/s1. The van der Waals surface area contributed by atoms with Crippen molar-refractivity contribution in [3.63, 3.8) is 0 Å². The third kappa shape index (κ3) is 5.03. The zero-order chi connectivity index (χ0) is 15.1. The first-order valence-electron chi connectivity index (χ1n) is 7.56. The number of allylic oxidation sites excluding steroid dienone is 2. The van der Waals surface area contributed by atoms with Gasteiger partial charge in [0.05, 0.1) is 7.11 Å². The number of carbonyl (C=O) groups excluding carboxylic acids is 1. The quantitative estimate of drug-likeness (QED) is 0.329. The third-order valence-electron chi connectivity index (χ3n) is 4.12. The lowest BCUT2D eigenvalue weighted by Gasteiger charge is -2.37. The Morgan fingerprint density at radius 1 is 1.25 bits per heavy atom. The predicted molar refractivity (Wildman–Crippen MR) is 81.1 cm³/mol. The van der Waals surface area contributed by atoms with Crippen molar-refractivity contribution >= 4 is 5.97 Å². The number of ether oxygens (including phenoxy) is 2. The van der Waals surface area contributed by atoms with E-state index < -0.39 is 0 Å². The van der Waals surface area contributed by atoms with Crippen LogP contribution >= 0.6 is 0 Å². The minimum absolute atomic E-state index is 0.243. The summed E-state index contributed by atoms with van der Waals surface area (Å²) in [5, 5.41) is 0. The Hall–Kier alpha value is -1.25. The molecule has 0 aromatic heterocycles. The zero-order valence-corrected chi connectivity index (χ0v) is 13.4. The van der Waals surface area contributed by atoms with Crippen LogP contribution in [0.15, 0.2) is 24.0 Å². The molecule has 114 valence electrons. The van der Waals surface area contributed by atoms with Crippen molar-refractivity contribution in [1.29, 1.82) is 0 Å². The van der Waals surface area contributed by atoms with Crippen molar-refractivity contribution in [2.24, 2.45) is 17.8 Å². The van der Waals surface area contributed by atoms with E-state index >= 15 is 0 Å². The molecule has 1 fully saturated rings. The van der Waals surface area contributed by atoms with Gasteiger partial charge in [-0.3, -0.25) is 0 Å². The first-order chi connectivity index (χ1) is 9.47. The molecule has 1 aliphatic rings. The summed E-state index contributed by atoms with van der Waals surface area (Å²) in [5.41, 5.74) is 0. The topological polar surface area (TPSA) is 35.5 Å². The van der Waals surface area contributed by atoms with Crippen molar-refractivity contribution in [1.82, 2.24) is 0 Å². The maximum Gasteiger partial charge on any atom is 0.330 e. The van der Waals surface area contributed by atoms with Crippen LogP contribution in [0.25, 0.3) is 0 Å². The fourth-order valence-corrected chi connectivity index (χ4v) is 2.85. The molecule has 0 aromatic carbocycles. The van der Waals surface area contributed by atoms with E-state index in [1.165, 1.54) is 26.0 Å². The zero-order valence-electron chi connectivity index (χ0n) is 13.4. The van der Waals surface area contributed by atoms with Crippen LogP contribution in [-0.4, -0.2) is 19.2 Å². The largest absolute Gasteiger partial charge is 0.490 e. The van der Waals surface area contributed by atoms with Crippen molar-refractivity contribution in [3.05, 3.63) is 24.0 Å². The highest BCUT2D eigenvalue weighted by Crippen LogP contribution is 2.36. The molecule has 3 nitrogen and oxygen atoms in total. The number of hydrogen-bond donors (Lipinski definition) is 0. The van der Waals surface area contributed by atoms with Crippen molar-refractivity contribution in [3.8, 4) is 0 Å². The number of carbonyl (C=O) groups is 1. The fraction of sp³-hybridized carbons (Fsp3) is 0.706. The summed E-state index contributed by atoms with van der Waals surface area (Å²) < 4.78 is 10.7. The van der Waals surface area contributed by atoms with Gasteiger partial charge in [0.1, 0.15) is 11.9 Å². The first kappa shape index (κ1) is 16.8. The second-order valence-corrected chi connectivity index (χ2v) is 6.03. The van der Waals surface area contributed by atoms with Crippen LogP contribution in [0, 0.1) is 17.8 Å². The van der Waals surface area contributed by atoms with E-state index in [2.05, 4.69) is 25.5 Å². The molecule has 1 rings (SSSR count). The average molecular weight is 280 g/mol. The Balaban J connectivity index is 2.70. The lowest BCUT2D eigenvalue weighted by molar-refractivity contribution is -0.134. The summed E-state index contributed by atoms with van der Waals surface area (Å²) in [7, 11) is 1.38. The third-order valence-corrected chi connectivity index (χ3v) is 4.12. The Kier molecular flexibility index (Phi) is 6.83. The first-order valence-corrected chi connectivity index (χ1v) is 7.56. The summed E-state index contributed by atoms with van der Waals surface area (Å²) in [4.78, 5) is 11.2. The monoisotopic (exact) mass is 280 g/mol. The van der Waals surface area contributed by atoms with Gasteiger partial charge in [-0.1, -0.05) is 27.2 Å². The number of esters is 1. The van der Waals surface area contributed by atoms with Crippen LogP contribution < -0.4 is 0 Å². The summed E-state index contributed by atoms with van der Waals surface area (Å²) in [5.74, 6) is 2.31. The predicted octanol–water partition coefficient (Wildman–Crippen LogP) is 4.10. The van der Waals surface area contributed by atoms with Gasteiger partial charge in [-0.2, -0.15) is 0 Å². The van der Waals surface area contributed by atoms with E-state index in [0.29, 0.717) is 17.8 Å². The molecule has 0 aromatic rings. The molecule has 0 amide bonds. The highest BCUT2D eigenvalue weighted by molar-refractivity contribution is 5.82. The number of methoxy groups -OCH3 is 1. The molecule has 0 aliphatic heterocycles. The molecule has 1 aliphatic carbocycles. The summed E-state index contributed by atoms with van der Waals surface area (Å²) in [6.45, 7) is 8.73. The Morgan fingerprint density at radius 2 is 1.95 bits per heavy atom. The Bertz CT molecular complexity index is 368. The molecule has 3 atom stereocenters. The van der Waals surface area contributed by atoms with Gasteiger partial charge in [0.2, 0.25) is 0 Å². The van der Waals surface area contributed by atoms with E-state index in [1.54, 1.807) is 6.08 Å². The molecular formula is C17H28O3. The second kappa shape index (κ2) is 8.13. The van der Waals surface area contributed by atoms with Crippen LogP contribution in [-0.2, 0) is 14.3 Å². The number of hydrogen-bond acceptors (Lipinski definition) is 3. The summed E-state index contributed by atoms with van der Waals surface area (Å²) >= 11 is 0. The van der Waals surface area contributed by atoms with E-state index in [0.717, 1.165) is 12.2 Å². The van der Waals surface area contributed by atoms with Crippen LogP contribution in [0.4, 0.5) is 0 Å². The number of rotatable bonds is 5. The van der Waals surface area contributed by atoms with E-state index in [4.69, 9.17) is 4.74 Å². The maximum atomic E-state index is 11.2. The molecule has 0 bridgehead atoms. The lowest BCUT2D eigenvalue weighted by atomic mass is 9.75. The van der Waals surface area contributed by atoms with Crippen molar-refractivity contribution in [2.75, 3.05) is 7.11 Å². The Morgan fingerprint density at radius 3 is 2.50 bits per heavy atom. The SMILES string of the molecule is C/C=C(/C=C/C(=O)OC)O[C@@H]1C[C@H](C)CC[C@H]1C(C)C. The van der Waals surface area contributed by atoms with Gasteiger partial charge in [0.25, 0.3) is 0 Å². The van der Waals surface area contributed by atoms with Crippen molar-refractivity contribution in [2.45, 2.75) is 53.1 Å². The smallest absolute Gasteiger partial charge is 0.330 e. The lowest BCUT2D eigenvalue weighted by Crippen LogP contribution is -2.34. The molecule has 20 heavy (non-hydrogen) atoms. The average Bonchev–Trinajstić information content (AvgIpc) is 2.42. The molecule has 0 saturated heterocycles. The summed E-state index contributed by atoms with van der Waals surface area (Å²) in [6.07, 6.45) is 8.84. The van der Waals surface area contributed by atoms with Crippen molar-refractivity contribution < 1.29 is 14.3 Å². The van der Waals surface area contributed by atoms with Crippen LogP contribution in [0.5, 0.6) is 0 Å². The normalized spacial score (nSPS) is 27.9. The van der Waals surface area contributed by atoms with Gasteiger partial charge in [-0.15, -0.1) is 0 Å². The minimum Gasteiger partial charge on any atom is -0.490 e. The molecule has 0 N–H and O–H groups in total. The molecule has 0 radical (unpaired) electrons. The van der Waals surface area contributed by atoms with Gasteiger partial charge >= 0.3 is 5.97 Å². The molecule has 0 unspecified atom stereocenters. The molecule has 3 heteroatoms. The molecule has 0 spiro atoms. The Labute approximate surface area is 123 Å². The molecule has 1 saturated carbocycles. The van der Waals surface area contributed by atoms with Gasteiger partial charge in [0, 0.05) is 6.08 Å². The minimum atomic E-state index is -0.356. The highest BCUT2D eigenvalue weighted by atomic mass is 16.5. The fourth-order valence-electron chi connectivity index (χ4n) is 2.85. The van der Waals surface area contributed by atoms with E-state index in [9.17, 15) is 4.79 Å². The van der Waals surface area contributed by atoms with Crippen LogP contribution in [0.2, 0.25) is 0 Å². The van der Waals surface area contributed by atoms with E-state index in [-0.39, 0.29) is 12.1 Å². The van der Waals surface area contributed by atoms with Gasteiger partial charge in [0.15, 0.2) is 0 Å². The highest BCUT2D eigenvalue weighted by Gasteiger charge is 2.32. The molecule has 0 heterocycles. The van der Waals surface area contributed by atoms with Gasteiger partial charge in [-0.05, 0) is 49.7 Å². The van der Waals surface area contributed by atoms with E-state index in [1.807, 2.05) is 13.0 Å². The molecular weight excluding hydrogens is 252 g/mol. The van der Waals surface area contributed by atoms with Crippen LogP contribution in [0.3, 0.4) is 0 Å². The maximum absolute atomic E-state index is 11.2.